The topological polar surface area (TPSA) is 107 Å². The average molecular weight is 351 g/mol. The molecule has 0 amide bonds. The minimum atomic E-state index is -4.19. The molecule has 0 bridgehead atoms. The zero-order valence-electron chi connectivity index (χ0n) is 11.7. The molecule has 0 aromatic heterocycles. The molecule has 22 heavy (non-hydrogen) atoms. The maximum atomic E-state index is 11.4. The third kappa shape index (κ3) is 11.9. The van der Waals surface area contributed by atoms with Crippen LogP contribution in [0.15, 0.2) is 42.5 Å². The standard InChI is InChI=1S/C13H14O4.ClHO3S/c1-10(2)12(14)16-8-9-17-13(15)11-6-4-3-5-7-11;1-5(2,3)4/h3-7H,1,8-9H2,2H3;(H,2,3,4). The fraction of sp³-hybridized carbons (Fsp3) is 0.231. The number of hydrogen-bond acceptors (Lipinski definition) is 6. The van der Waals surface area contributed by atoms with Gasteiger partial charge in [0.05, 0.1) is 5.56 Å². The van der Waals surface area contributed by atoms with Crippen molar-refractivity contribution < 1.29 is 32.0 Å². The SMILES string of the molecule is C=C(C)C(=O)OCCOC(=O)c1ccccc1.O=S(=O)(O)Cl. The summed E-state index contributed by atoms with van der Waals surface area (Å²) < 4.78 is 34.9. The maximum absolute atomic E-state index is 11.4. The molecule has 9 heteroatoms. The van der Waals surface area contributed by atoms with Gasteiger partial charge >= 0.3 is 21.3 Å². The van der Waals surface area contributed by atoms with Gasteiger partial charge in [0.1, 0.15) is 13.2 Å². The summed E-state index contributed by atoms with van der Waals surface area (Å²) in [7, 11) is -0.137. The summed E-state index contributed by atoms with van der Waals surface area (Å²) >= 11 is 0. The summed E-state index contributed by atoms with van der Waals surface area (Å²) in [4.78, 5) is 22.4. The number of esters is 2. The Morgan fingerprint density at radius 2 is 1.64 bits per heavy atom. The van der Waals surface area contributed by atoms with Gasteiger partial charge in [0.25, 0.3) is 0 Å². The average Bonchev–Trinajstić information content (AvgIpc) is 2.42. The smallest absolute Gasteiger partial charge is 0.353 e. The molecule has 0 saturated carbocycles. The van der Waals surface area contributed by atoms with Gasteiger partial charge in [-0.15, -0.1) is 0 Å². The Morgan fingerprint density at radius 1 is 1.18 bits per heavy atom. The van der Waals surface area contributed by atoms with Gasteiger partial charge in [-0.25, -0.2) is 9.59 Å². The molecule has 1 N–H and O–H groups in total. The van der Waals surface area contributed by atoms with E-state index in [1.165, 1.54) is 0 Å². The number of ether oxygens (including phenoxy) is 2. The van der Waals surface area contributed by atoms with Crippen LogP contribution in [0.2, 0.25) is 0 Å². The van der Waals surface area contributed by atoms with Crippen LogP contribution >= 0.6 is 10.7 Å². The normalized spacial score (nSPS) is 9.95. The molecule has 7 nitrogen and oxygen atoms in total. The monoisotopic (exact) mass is 350 g/mol. The summed E-state index contributed by atoms with van der Waals surface area (Å²) in [6.07, 6.45) is 0. The zero-order valence-corrected chi connectivity index (χ0v) is 13.3. The number of carbonyl (C=O) groups excluding carboxylic acids is 2. The van der Waals surface area contributed by atoms with Crippen LogP contribution in [0.1, 0.15) is 17.3 Å². The van der Waals surface area contributed by atoms with E-state index in [-0.39, 0.29) is 13.2 Å². The van der Waals surface area contributed by atoms with Gasteiger partial charge in [-0.3, -0.25) is 4.55 Å². The maximum Gasteiger partial charge on any atom is 0.353 e. The van der Waals surface area contributed by atoms with E-state index in [0.29, 0.717) is 11.1 Å². The predicted octanol–water partition coefficient (Wildman–Crippen LogP) is 1.99. The molecule has 1 aromatic rings. The lowest BCUT2D eigenvalue weighted by atomic mass is 10.2. The molecule has 0 aliphatic heterocycles. The van der Waals surface area contributed by atoms with E-state index in [2.05, 4.69) is 17.3 Å². The van der Waals surface area contributed by atoms with Crippen molar-refractivity contribution in [3.63, 3.8) is 0 Å². The lowest BCUT2D eigenvalue weighted by Crippen LogP contribution is -2.14. The van der Waals surface area contributed by atoms with Crippen molar-refractivity contribution in [2.75, 3.05) is 13.2 Å². The van der Waals surface area contributed by atoms with Crippen molar-refractivity contribution in [1.29, 1.82) is 0 Å². The summed E-state index contributed by atoms with van der Waals surface area (Å²) in [5, 5.41) is 0. The molecule has 0 aliphatic carbocycles. The first-order valence-corrected chi connectivity index (χ1v) is 8.09. The molecule has 0 unspecified atom stereocenters. The molecule has 0 spiro atoms. The van der Waals surface area contributed by atoms with Crippen LogP contribution in [0.5, 0.6) is 0 Å². The van der Waals surface area contributed by atoms with E-state index >= 15 is 0 Å². The van der Waals surface area contributed by atoms with Crippen LogP contribution in [0.3, 0.4) is 0 Å². The van der Waals surface area contributed by atoms with Crippen LogP contribution in [-0.2, 0) is 23.6 Å². The Labute approximate surface area is 132 Å². The van der Waals surface area contributed by atoms with Gasteiger partial charge in [-0.05, 0) is 19.1 Å². The first-order chi connectivity index (χ1) is 10.1. The minimum Gasteiger partial charge on any atom is -0.459 e. The van der Waals surface area contributed by atoms with Crippen LogP contribution in [0.25, 0.3) is 0 Å². The van der Waals surface area contributed by atoms with Gasteiger partial charge < -0.3 is 9.47 Å². The third-order valence-corrected chi connectivity index (χ3v) is 1.91. The fourth-order valence-corrected chi connectivity index (χ4v) is 1.05. The largest absolute Gasteiger partial charge is 0.459 e. The number of rotatable bonds is 5. The Kier molecular flexibility index (Phi) is 9.07. The number of benzene rings is 1. The summed E-state index contributed by atoms with van der Waals surface area (Å²) in [5.74, 6) is -0.919. The van der Waals surface area contributed by atoms with E-state index < -0.39 is 21.3 Å². The van der Waals surface area contributed by atoms with E-state index in [1.54, 1.807) is 31.2 Å². The van der Waals surface area contributed by atoms with E-state index in [0.717, 1.165) is 0 Å². The highest BCUT2D eigenvalue weighted by atomic mass is 35.7. The number of halogens is 1. The van der Waals surface area contributed by atoms with E-state index in [9.17, 15) is 9.59 Å². The summed E-state index contributed by atoms with van der Waals surface area (Å²) in [6.45, 7) is 5.05. The molecule has 1 aromatic carbocycles. The highest BCUT2D eigenvalue weighted by molar-refractivity contribution is 8.09. The lowest BCUT2D eigenvalue weighted by Gasteiger charge is -2.05. The molecular formula is C13H15ClO7S. The number of hydrogen-bond donors (Lipinski definition) is 1. The van der Waals surface area contributed by atoms with E-state index in [1.807, 2.05) is 6.07 Å². The van der Waals surface area contributed by atoms with Crippen LogP contribution in [0.4, 0.5) is 0 Å². The van der Waals surface area contributed by atoms with Crippen molar-refractivity contribution in [1.82, 2.24) is 0 Å². The Hall–Kier alpha value is -1.90. The molecule has 1 rings (SSSR count). The molecule has 0 radical (unpaired) electrons. The van der Waals surface area contributed by atoms with Crippen molar-refractivity contribution in [3.05, 3.63) is 48.0 Å². The van der Waals surface area contributed by atoms with Gasteiger partial charge in [-0.1, -0.05) is 24.8 Å². The highest BCUT2D eigenvalue weighted by Gasteiger charge is 2.07. The Morgan fingerprint density at radius 3 is 2.09 bits per heavy atom. The van der Waals surface area contributed by atoms with Crippen LogP contribution in [0, 0.1) is 0 Å². The second-order valence-electron chi connectivity index (χ2n) is 3.83. The van der Waals surface area contributed by atoms with E-state index in [4.69, 9.17) is 22.4 Å². The van der Waals surface area contributed by atoms with Gasteiger partial charge in [0.2, 0.25) is 0 Å². The van der Waals surface area contributed by atoms with Crippen molar-refractivity contribution in [2.45, 2.75) is 6.92 Å². The summed E-state index contributed by atoms with van der Waals surface area (Å²) in [6, 6.07) is 8.62. The predicted molar refractivity (Wildman–Crippen MR) is 79.9 cm³/mol. The molecule has 0 fully saturated rings. The highest BCUT2D eigenvalue weighted by Crippen LogP contribution is 2.01. The molecular weight excluding hydrogens is 336 g/mol. The van der Waals surface area contributed by atoms with Crippen LogP contribution in [-0.4, -0.2) is 38.1 Å². The molecule has 122 valence electrons. The van der Waals surface area contributed by atoms with Gasteiger partial charge in [0.15, 0.2) is 0 Å². The van der Waals surface area contributed by atoms with Crippen molar-refractivity contribution in [2.24, 2.45) is 0 Å². The molecule has 0 saturated heterocycles. The first-order valence-electron chi connectivity index (χ1n) is 5.83. The quantitative estimate of drug-likeness (QED) is 0.284. The molecule has 0 heterocycles. The van der Waals surface area contributed by atoms with Crippen molar-refractivity contribution >= 4 is 32.0 Å². The molecule has 0 atom stereocenters. The summed E-state index contributed by atoms with van der Waals surface area (Å²) in [5.41, 5.74) is 0.790. The van der Waals surface area contributed by atoms with Gasteiger partial charge in [0, 0.05) is 16.3 Å². The molecule has 0 aliphatic rings. The first kappa shape index (κ1) is 20.1. The van der Waals surface area contributed by atoms with Crippen molar-refractivity contribution in [3.8, 4) is 0 Å². The second-order valence-corrected chi connectivity index (χ2v) is 5.82. The minimum absolute atomic E-state index is 0.0320. The van der Waals surface area contributed by atoms with Crippen LogP contribution < -0.4 is 0 Å². The lowest BCUT2D eigenvalue weighted by molar-refractivity contribution is -0.140. The second kappa shape index (κ2) is 9.93. The number of carbonyl (C=O) groups is 2. The Bertz CT molecular complexity index is 603. The fourth-order valence-electron chi connectivity index (χ4n) is 1.05. The van der Waals surface area contributed by atoms with Gasteiger partial charge in [-0.2, -0.15) is 8.42 Å². The third-order valence-electron chi connectivity index (χ3n) is 1.91. The zero-order chi connectivity index (χ0) is 17.2. The Balaban J connectivity index is 0.000000763.